The molecule has 2 aliphatic carbocycles. The molecule has 4 aromatic rings. The molecule has 0 N–H and O–H groups in total. The van der Waals surface area contributed by atoms with E-state index >= 15 is 0 Å². The predicted octanol–water partition coefficient (Wildman–Crippen LogP) is 8.67. The number of esters is 1. The Morgan fingerprint density at radius 2 is 1.24 bits per heavy atom. The van der Waals surface area contributed by atoms with E-state index < -0.39 is 11.9 Å². The summed E-state index contributed by atoms with van der Waals surface area (Å²) in [6, 6.07) is 26.2. The molecule has 1 atom stereocenters. The number of ether oxygens (including phenoxy) is 3. The lowest BCUT2D eigenvalue weighted by Gasteiger charge is -2.22. The van der Waals surface area contributed by atoms with Crippen molar-refractivity contribution in [2.24, 2.45) is 5.92 Å². The number of carbonyl (C=O) groups excluding carboxylic acids is 3. The maximum absolute atomic E-state index is 12.5. The molecule has 0 fully saturated rings. The van der Waals surface area contributed by atoms with Crippen molar-refractivity contribution < 1.29 is 28.6 Å². The van der Waals surface area contributed by atoms with E-state index in [4.69, 9.17) is 37.4 Å². The normalized spacial score (nSPS) is 15.2. The molecule has 45 heavy (non-hydrogen) atoms. The van der Waals surface area contributed by atoms with Gasteiger partial charge in [0.1, 0.15) is 30.6 Å². The minimum atomic E-state index is -0.687. The number of ketones is 2. The molecule has 0 spiro atoms. The third-order valence-electron chi connectivity index (χ3n) is 7.80. The number of hydrogen-bond donors (Lipinski definition) is 0. The largest absolute Gasteiger partial charge is 0.489 e. The van der Waals surface area contributed by atoms with Crippen molar-refractivity contribution in [2.75, 3.05) is 6.61 Å². The van der Waals surface area contributed by atoms with Gasteiger partial charge in [-0.2, -0.15) is 0 Å². The summed E-state index contributed by atoms with van der Waals surface area (Å²) in [4.78, 5) is 36.1. The van der Waals surface area contributed by atoms with Crippen molar-refractivity contribution in [3.05, 3.63) is 128 Å². The second kappa shape index (κ2) is 15.2. The van der Waals surface area contributed by atoms with Gasteiger partial charge in [0.05, 0.1) is 6.61 Å². The Morgan fingerprint density at radius 3 is 1.80 bits per heavy atom. The van der Waals surface area contributed by atoms with E-state index in [1.807, 2.05) is 72.8 Å². The number of Topliss-reactive ketones (excluding diaryl/α,β-unsaturated/α-hetero) is 2. The third-order valence-corrected chi connectivity index (χ3v) is 8.30. The van der Waals surface area contributed by atoms with E-state index in [0.29, 0.717) is 48.8 Å². The summed E-state index contributed by atoms with van der Waals surface area (Å²) in [5.41, 5.74) is 5.55. The van der Waals surface area contributed by atoms with Crippen LogP contribution in [0.2, 0.25) is 10.0 Å². The van der Waals surface area contributed by atoms with Crippen LogP contribution in [-0.4, -0.2) is 24.1 Å². The minimum absolute atomic E-state index is 0.163. The second-order valence-corrected chi connectivity index (χ2v) is 11.8. The average molecular weight is 646 g/mol. The molecule has 0 aliphatic heterocycles. The lowest BCUT2D eigenvalue weighted by atomic mass is 9.82. The van der Waals surface area contributed by atoms with Gasteiger partial charge in [0.25, 0.3) is 0 Å². The first kappa shape index (κ1) is 32.3. The van der Waals surface area contributed by atoms with Crippen molar-refractivity contribution in [2.45, 2.75) is 52.2 Å². The molecule has 0 aromatic heterocycles. The molecule has 232 valence electrons. The van der Waals surface area contributed by atoms with Gasteiger partial charge in [0.2, 0.25) is 0 Å². The Hall–Kier alpha value is -4.13. The molecule has 6 nitrogen and oxygen atoms in total. The van der Waals surface area contributed by atoms with E-state index in [1.54, 1.807) is 19.1 Å². The van der Waals surface area contributed by atoms with Crippen LogP contribution in [0.25, 0.3) is 0 Å². The molecule has 0 bridgehead atoms. The van der Waals surface area contributed by atoms with E-state index in [0.717, 1.165) is 51.4 Å². The Morgan fingerprint density at radius 1 is 0.711 bits per heavy atom. The van der Waals surface area contributed by atoms with Gasteiger partial charge in [-0.05, 0) is 116 Å². The van der Waals surface area contributed by atoms with Crippen LogP contribution in [0.3, 0.4) is 0 Å². The standard InChI is InChI=1S/C20H19ClO4.C17H15ClO2/c1-2-24-20(23)18-9-5-14-11-16(8-10-17(14)19(18)22)25-12-13-3-6-15(21)7-4-13;18-14-6-4-12(5-7-14)11-20-15-8-9-16-13(10-15)2-1-3-17(16)19/h3-4,6-8,10-11,18H,2,5,9,12H2,1H3;4-10H,1-3,11H2. The first-order valence-corrected chi connectivity index (χ1v) is 15.8. The zero-order chi connectivity index (χ0) is 31.8. The molecule has 0 saturated heterocycles. The number of carbonyl (C=O) groups is 3. The summed E-state index contributed by atoms with van der Waals surface area (Å²) in [6.07, 6.45) is 3.69. The van der Waals surface area contributed by atoms with Crippen molar-refractivity contribution in [1.29, 1.82) is 0 Å². The average Bonchev–Trinajstić information content (AvgIpc) is 3.05. The van der Waals surface area contributed by atoms with Crippen molar-refractivity contribution >= 4 is 40.7 Å². The van der Waals surface area contributed by atoms with Crippen LogP contribution in [0.5, 0.6) is 11.5 Å². The number of rotatable bonds is 8. The summed E-state index contributed by atoms with van der Waals surface area (Å²) in [6.45, 7) is 2.95. The number of aryl methyl sites for hydroxylation is 2. The highest BCUT2D eigenvalue weighted by molar-refractivity contribution is 6.30. The van der Waals surface area contributed by atoms with Crippen LogP contribution in [0.15, 0.2) is 84.9 Å². The first-order valence-electron chi connectivity index (χ1n) is 15.0. The highest BCUT2D eigenvalue weighted by atomic mass is 35.5. The van der Waals surface area contributed by atoms with E-state index in [1.165, 1.54) is 0 Å². The monoisotopic (exact) mass is 644 g/mol. The molecule has 8 heteroatoms. The van der Waals surface area contributed by atoms with Crippen LogP contribution >= 0.6 is 23.2 Å². The summed E-state index contributed by atoms with van der Waals surface area (Å²) in [7, 11) is 0. The summed E-state index contributed by atoms with van der Waals surface area (Å²) >= 11 is 11.7. The molecular formula is C37H34Cl2O6. The zero-order valence-electron chi connectivity index (χ0n) is 25.0. The van der Waals surface area contributed by atoms with Crippen LogP contribution < -0.4 is 9.47 Å². The molecule has 0 saturated carbocycles. The van der Waals surface area contributed by atoms with Crippen molar-refractivity contribution in [3.8, 4) is 11.5 Å². The molecule has 4 aromatic carbocycles. The maximum atomic E-state index is 12.5. The summed E-state index contributed by atoms with van der Waals surface area (Å²) in [5.74, 6) is 0.485. The highest BCUT2D eigenvalue weighted by Crippen LogP contribution is 2.30. The van der Waals surface area contributed by atoms with Gasteiger partial charge in [-0.25, -0.2) is 0 Å². The molecule has 0 radical (unpaired) electrons. The molecule has 1 unspecified atom stereocenters. The molecule has 0 heterocycles. The Labute approximate surface area is 273 Å². The summed E-state index contributed by atoms with van der Waals surface area (Å²) < 4.78 is 16.6. The van der Waals surface area contributed by atoms with Gasteiger partial charge in [-0.15, -0.1) is 0 Å². The SMILES string of the molecule is CCOC(=O)C1CCc2cc(OCc3ccc(Cl)cc3)ccc2C1=O.O=C1CCCc2cc(OCc3ccc(Cl)cc3)ccc21. The predicted molar refractivity (Wildman–Crippen MR) is 174 cm³/mol. The second-order valence-electron chi connectivity index (χ2n) is 11.0. The van der Waals surface area contributed by atoms with Gasteiger partial charge < -0.3 is 14.2 Å². The highest BCUT2D eigenvalue weighted by Gasteiger charge is 2.34. The van der Waals surface area contributed by atoms with Gasteiger partial charge in [0, 0.05) is 27.6 Å². The van der Waals surface area contributed by atoms with Gasteiger partial charge in [-0.3, -0.25) is 14.4 Å². The topological polar surface area (TPSA) is 78.9 Å². The van der Waals surface area contributed by atoms with Crippen LogP contribution in [-0.2, 0) is 35.6 Å². The van der Waals surface area contributed by atoms with E-state index in [-0.39, 0.29) is 18.2 Å². The Kier molecular flexibility index (Phi) is 10.9. The van der Waals surface area contributed by atoms with E-state index in [9.17, 15) is 14.4 Å². The van der Waals surface area contributed by atoms with E-state index in [2.05, 4.69) is 0 Å². The van der Waals surface area contributed by atoms with Gasteiger partial charge in [0.15, 0.2) is 11.6 Å². The third kappa shape index (κ3) is 8.53. The number of benzene rings is 4. The first-order chi connectivity index (χ1) is 21.8. The fourth-order valence-electron chi connectivity index (χ4n) is 5.40. The quantitative estimate of drug-likeness (QED) is 0.141. The summed E-state index contributed by atoms with van der Waals surface area (Å²) in [5, 5.41) is 1.41. The Balaban J connectivity index is 0.000000182. The fourth-order valence-corrected chi connectivity index (χ4v) is 5.65. The van der Waals surface area contributed by atoms with Crippen LogP contribution in [0.1, 0.15) is 69.2 Å². The lowest BCUT2D eigenvalue weighted by Crippen LogP contribution is -2.31. The minimum Gasteiger partial charge on any atom is -0.489 e. The number of fused-ring (bicyclic) bond motifs is 2. The van der Waals surface area contributed by atoms with Gasteiger partial charge >= 0.3 is 5.97 Å². The van der Waals surface area contributed by atoms with Gasteiger partial charge in [-0.1, -0.05) is 47.5 Å². The maximum Gasteiger partial charge on any atom is 0.316 e. The van der Waals surface area contributed by atoms with Crippen molar-refractivity contribution in [3.63, 3.8) is 0 Å². The molecule has 2 aliphatic rings. The number of hydrogen-bond acceptors (Lipinski definition) is 6. The number of halogens is 2. The molecule has 6 rings (SSSR count). The smallest absolute Gasteiger partial charge is 0.316 e. The Bertz CT molecular complexity index is 1660. The van der Waals surface area contributed by atoms with Crippen molar-refractivity contribution in [1.82, 2.24) is 0 Å². The molecule has 0 amide bonds. The zero-order valence-corrected chi connectivity index (χ0v) is 26.5. The molecular weight excluding hydrogens is 611 g/mol. The van der Waals surface area contributed by atoms with Crippen LogP contribution in [0.4, 0.5) is 0 Å². The van der Waals surface area contributed by atoms with Crippen LogP contribution in [0, 0.1) is 5.92 Å². The lowest BCUT2D eigenvalue weighted by molar-refractivity contribution is -0.146. The fraction of sp³-hybridized carbons (Fsp3) is 0.270.